The number of carbonyl (C=O) groups excluding carboxylic acids is 1. The predicted molar refractivity (Wildman–Crippen MR) is 93.4 cm³/mol. The first-order valence-corrected chi connectivity index (χ1v) is 9.42. The number of rotatable bonds is 3. The highest BCUT2D eigenvalue weighted by atomic mass is 16.5. The summed E-state index contributed by atoms with van der Waals surface area (Å²) in [5.74, 6) is 0.430. The van der Waals surface area contributed by atoms with Crippen molar-refractivity contribution >= 4 is 11.7 Å². The summed E-state index contributed by atoms with van der Waals surface area (Å²) in [5.41, 5.74) is 1.76. The van der Waals surface area contributed by atoms with E-state index in [2.05, 4.69) is 9.48 Å². The molecule has 4 fully saturated rings. The molecule has 2 bridgehead atoms. The molecule has 0 aromatic heterocycles. The number of carbonyl (C=O) groups is 1. The minimum Gasteiger partial charge on any atom is -0.453 e. The highest BCUT2D eigenvalue weighted by molar-refractivity contribution is 6.41. The average Bonchev–Trinajstić information content (AvgIpc) is 2.65. The summed E-state index contributed by atoms with van der Waals surface area (Å²) in [4.78, 5) is 15.5. The van der Waals surface area contributed by atoms with Crippen LogP contribution in [0.3, 0.4) is 0 Å². The third-order valence-electron chi connectivity index (χ3n) is 5.77. The summed E-state index contributed by atoms with van der Waals surface area (Å²) in [6.45, 7) is 5.16. The van der Waals surface area contributed by atoms with Gasteiger partial charge in [-0.1, -0.05) is 18.2 Å². The van der Waals surface area contributed by atoms with E-state index in [1.165, 1.54) is 32.4 Å². The molecule has 1 atom stereocenters. The summed E-state index contributed by atoms with van der Waals surface area (Å²) in [7, 11) is 0. The van der Waals surface area contributed by atoms with Gasteiger partial charge in [-0.2, -0.15) is 0 Å². The molecule has 4 heterocycles. The SMILES string of the molecule is O=C(O[C@H]1CN2CCC1CC2)C(c1ccccc1)=[N+]1CCCCC1. The van der Waals surface area contributed by atoms with E-state index in [-0.39, 0.29) is 12.1 Å². The molecule has 0 unspecified atom stereocenters. The van der Waals surface area contributed by atoms with Gasteiger partial charge in [-0.25, -0.2) is 9.37 Å². The molecule has 0 aliphatic carbocycles. The fraction of sp³-hybridized carbons (Fsp3) is 0.600. The molecule has 0 amide bonds. The maximum Gasteiger partial charge on any atom is 0.404 e. The van der Waals surface area contributed by atoms with Crippen LogP contribution in [-0.2, 0) is 9.53 Å². The molecule has 4 heteroatoms. The van der Waals surface area contributed by atoms with Gasteiger partial charge in [0.05, 0.1) is 5.56 Å². The second-order valence-electron chi connectivity index (χ2n) is 7.34. The first-order chi connectivity index (χ1) is 11.8. The lowest BCUT2D eigenvalue weighted by Crippen LogP contribution is -2.52. The molecule has 4 saturated heterocycles. The van der Waals surface area contributed by atoms with Gasteiger partial charge in [-0.15, -0.1) is 0 Å². The van der Waals surface area contributed by atoms with Gasteiger partial charge in [0.15, 0.2) is 0 Å². The van der Waals surface area contributed by atoms with E-state index in [0.29, 0.717) is 5.92 Å². The van der Waals surface area contributed by atoms with E-state index in [1.807, 2.05) is 30.3 Å². The summed E-state index contributed by atoms with van der Waals surface area (Å²) in [6.07, 6.45) is 5.98. The number of piperidine rings is 4. The monoisotopic (exact) mass is 327 g/mol. The number of fused-ring (bicyclic) bond motifs is 3. The lowest BCUT2D eigenvalue weighted by Gasteiger charge is -2.43. The van der Waals surface area contributed by atoms with E-state index in [0.717, 1.165) is 43.8 Å². The minimum absolute atomic E-state index is 0.0727. The molecular formula is C20H27N2O2+. The van der Waals surface area contributed by atoms with E-state index < -0.39 is 0 Å². The maximum absolute atomic E-state index is 13.1. The molecule has 4 aliphatic rings. The van der Waals surface area contributed by atoms with E-state index >= 15 is 0 Å². The van der Waals surface area contributed by atoms with E-state index in [1.54, 1.807) is 0 Å². The van der Waals surface area contributed by atoms with Crippen LogP contribution in [0.4, 0.5) is 0 Å². The van der Waals surface area contributed by atoms with Gasteiger partial charge < -0.3 is 4.74 Å². The topological polar surface area (TPSA) is 32.5 Å². The zero-order valence-corrected chi connectivity index (χ0v) is 14.3. The van der Waals surface area contributed by atoms with Crippen LogP contribution in [0.25, 0.3) is 0 Å². The van der Waals surface area contributed by atoms with Crippen molar-refractivity contribution in [3.63, 3.8) is 0 Å². The molecule has 1 aromatic carbocycles. The summed E-state index contributed by atoms with van der Waals surface area (Å²) in [5, 5.41) is 0. The van der Waals surface area contributed by atoms with Crippen molar-refractivity contribution in [2.24, 2.45) is 5.92 Å². The van der Waals surface area contributed by atoms with Crippen LogP contribution >= 0.6 is 0 Å². The third kappa shape index (κ3) is 3.25. The van der Waals surface area contributed by atoms with E-state index in [4.69, 9.17) is 4.74 Å². The van der Waals surface area contributed by atoms with Gasteiger partial charge in [0, 0.05) is 19.4 Å². The zero-order chi connectivity index (χ0) is 16.4. The Morgan fingerprint density at radius 1 is 1.04 bits per heavy atom. The molecule has 0 N–H and O–H groups in total. The van der Waals surface area contributed by atoms with Crippen LogP contribution < -0.4 is 0 Å². The summed E-state index contributed by atoms with van der Waals surface area (Å²) in [6, 6.07) is 10.1. The number of esters is 1. The molecule has 0 radical (unpaired) electrons. The number of nitrogens with zero attached hydrogens (tertiary/aromatic N) is 2. The number of hydrogen-bond acceptors (Lipinski definition) is 3. The molecular weight excluding hydrogens is 300 g/mol. The number of hydrogen-bond donors (Lipinski definition) is 0. The fourth-order valence-electron chi connectivity index (χ4n) is 4.38. The second-order valence-corrected chi connectivity index (χ2v) is 7.34. The first kappa shape index (κ1) is 15.8. The van der Waals surface area contributed by atoms with Crippen molar-refractivity contribution < 1.29 is 14.1 Å². The van der Waals surface area contributed by atoms with E-state index in [9.17, 15) is 4.79 Å². The molecule has 0 saturated carbocycles. The zero-order valence-electron chi connectivity index (χ0n) is 14.3. The van der Waals surface area contributed by atoms with Crippen LogP contribution in [0, 0.1) is 5.92 Å². The Morgan fingerprint density at radius 3 is 2.38 bits per heavy atom. The van der Waals surface area contributed by atoms with Crippen molar-refractivity contribution in [1.29, 1.82) is 0 Å². The van der Waals surface area contributed by atoms with Gasteiger partial charge in [0.1, 0.15) is 19.2 Å². The summed E-state index contributed by atoms with van der Waals surface area (Å²) >= 11 is 0. The Hall–Kier alpha value is -1.68. The molecule has 4 aliphatic heterocycles. The van der Waals surface area contributed by atoms with Gasteiger partial charge in [0.25, 0.3) is 5.71 Å². The Labute approximate surface area is 144 Å². The third-order valence-corrected chi connectivity index (χ3v) is 5.77. The van der Waals surface area contributed by atoms with Crippen LogP contribution in [0.1, 0.15) is 37.7 Å². The van der Waals surface area contributed by atoms with Gasteiger partial charge in [0.2, 0.25) is 0 Å². The normalized spacial score (nSPS) is 29.3. The Balaban J connectivity index is 1.58. The Bertz CT molecular complexity index is 610. The molecule has 128 valence electrons. The summed E-state index contributed by atoms with van der Waals surface area (Å²) < 4.78 is 8.27. The van der Waals surface area contributed by atoms with Crippen molar-refractivity contribution in [3.05, 3.63) is 35.9 Å². The lowest BCUT2D eigenvalue weighted by atomic mass is 9.86. The highest BCUT2D eigenvalue weighted by Gasteiger charge is 2.39. The average molecular weight is 327 g/mol. The number of ether oxygens (including phenoxy) is 1. The van der Waals surface area contributed by atoms with Gasteiger partial charge in [-0.05, 0) is 50.4 Å². The van der Waals surface area contributed by atoms with Crippen LogP contribution in [0.15, 0.2) is 30.3 Å². The van der Waals surface area contributed by atoms with Crippen LogP contribution in [0.2, 0.25) is 0 Å². The molecule has 4 nitrogen and oxygen atoms in total. The second kappa shape index (κ2) is 7.06. The van der Waals surface area contributed by atoms with Crippen LogP contribution in [-0.4, -0.2) is 60.0 Å². The molecule has 0 spiro atoms. The molecule has 24 heavy (non-hydrogen) atoms. The predicted octanol–water partition coefficient (Wildman–Crippen LogP) is 2.31. The van der Waals surface area contributed by atoms with Gasteiger partial charge in [-0.3, -0.25) is 4.90 Å². The van der Waals surface area contributed by atoms with Gasteiger partial charge >= 0.3 is 5.97 Å². The van der Waals surface area contributed by atoms with Crippen molar-refractivity contribution in [1.82, 2.24) is 4.90 Å². The number of benzene rings is 1. The standard InChI is InChI=1S/C20H27N2O2/c23-20(24-18-15-21-13-9-16(18)10-14-21)19(17-7-3-1-4-8-17)22-11-5-2-6-12-22/h1,3-4,7-8,16,18H,2,5-6,9-15H2/q+1/t18-/m0/s1. The largest absolute Gasteiger partial charge is 0.453 e. The maximum atomic E-state index is 13.1. The van der Waals surface area contributed by atoms with Crippen molar-refractivity contribution in [2.45, 2.75) is 38.2 Å². The first-order valence-electron chi connectivity index (χ1n) is 9.42. The van der Waals surface area contributed by atoms with Crippen molar-refractivity contribution in [2.75, 3.05) is 32.7 Å². The van der Waals surface area contributed by atoms with Crippen molar-refractivity contribution in [3.8, 4) is 0 Å². The molecule has 5 rings (SSSR count). The Morgan fingerprint density at radius 2 is 1.75 bits per heavy atom. The Kier molecular flexibility index (Phi) is 4.65. The minimum atomic E-state index is -0.123. The quantitative estimate of drug-likeness (QED) is 0.631. The smallest absolute Gasteiger partial charge is 0.404 e. The fourth-order valence-corrected chi connectivity index (χ4v) is 4.38. The lowest BCUT2D eigenvalue weighted by molar-refractivity contribution is -0.536. The molecule has 1 aromatic rings. The van der Waals surface area contributed by atoms with Crippen LogP contribution in [0.5, 0.6) is 0 Å². The highest BCUT2D eigenvalue weighted by Crippen LogP contribution is 2.29.